The Morgan fingerprint density at radius 3 is 2.31 bits per heavy atom. The topological polar surface area (TPSA) is 80.9 Å². The number of aryl methyl sites for hydroxylation is 4. The Bertz CT molecular complexity index is 1200. The first-order valence-electron chi connectivity index (χ1n) is 10.7. The van der Waals surface area contributed by atoms with Crippen molar-refractivity contribution < 1.29 is 18.7 Å². The normalized spacial score (nSPS) is 14.2. The lowest BCUT2D eigenvalue weighted by atomic mass is 9.93. The minimum atomic E-state index is -0.537. The quantitative estimate of drug-likeness (QED) is 0.350. The van der Waals surface area contributed by atoms with Crippen molar-refractivity contribution in [2.75, 3.05) is 0 Å². The van der Waals surface area contributed by atoms with E-state index in [0.717, 1.165) is 28.7 Å². The highest BCUT2D eigenvalue weighted by atomic mass is 16.5. The fourth-order valence-corrected chi connectivity index (χ4v) is 4.01. The van der Waals surface area contributed by atoms with Crippen molar-refractivity contribution in [1.29, 1.82) is 0 Å². The Kier molecular flexibility index (Phi) is 5.95. The van der Waals surface area contributed by atoms with Crippen molar-refractivity contribution in [2.24, 2.45) is 5.10 Å². The number of benzene rings is 2. The highest BCUT2D eigenvalue weighted by Gasteiger charge is 2.29. The monoisotopic (exact) mass is 430 g/mol. The third-order valence-corrected chi connectivity index (χ3v) is 5.52. The van der Waals surface area contributed by atoms with E-state index in [-0.39, 0.29) is 11.7 Å². The minimum absolute atomic E-state index is 0.175. The number of hydrogen-bond acceptors (Lipinski definition) is 5. The second-order valence-electron chi connectivity index (χ2n) is 8.29. The van der Waals surface area contributed by atoms with Crippen molar-refractivity contribution in [3.8, 4) is 5.75 Å². The van der Waals surface area contributed by atoms with Crippen LogP contribution in [-0.2, 0) is 6.42 Å². The number of hydrogen-bond donors (Lipinski definition) is 1. The molecule has 164 valence electrons. The molecule has 1 N–H and O–H groups in total. The lowest BCUT2D eigenvalue weighted by Gasteiger charge is -2.13. The molecular weight excluding hydrogens is 404 g/mol. The van der Waals surface area contributed by atoms with Crippen molar-refractivity contribution in [1.82, 2.24) is 5.43 Å². The number of furan rings is 1. The summed E-state index contributed by atoms with van der Waals surface area (Å²) in [5.74, 6) is 0.545. The molecule has 2 aromatic carbocycles. The molecule has 1 aliphatic carbocycles. The van der Waals surface area contributed by atoms with E-state index in [1.54, 1.807) is 12.1 Å². The zero-order chi connectivity index (χ0) is 22.8. The molecular formula is C26H26N2O4. The minimum Gasteiger partial charge on any atom is -0.453 e. The molecule has 4 rings (SSSR count). The van der Waals surface area contributed by atoms with Crippen LogP contribution < -0.4 is 10.2 Å². The number of carbonyl (C=O) groups is 2. The second kappa shape index (κ2) is 8.83. The zero-order valence-electron chi connectivity index (χ0n) is 18.7. The van der Waals surface area contributed by atoms with Gasteiger partial charge in [-0.2, -0.15) is 5.10 Å². The Morgan fingerprint density at radius 1 is 0.938 bits per heavy atom. The van der Waals surface area contributed by atoms with E-state index in [1.165, 1.54) is 0 Å². The summed E-state index contributed by atoms with van der Waals surface area (Å²) < 4.78 is 11.5. The van der Waals surface area contributed by atoms with Gasteiger partial charge in [0.15, 0.2) is 0 Å². The van der Waals surface area contributed by atoms with Gasteiger partial charge in [-0.05, 0) is 75.9 Å². The average Bonchev–Trinajstić information content (AvgIpc) is 3.09. The first kappa shape index (κ1) is 21.6. The maximum Gasteiger partial charge on any atom is 0.379 e. The molecule has 0 bridgehead atoms. The predicted molar refractivity (Wildman–Crippen MR) is 122 cm³/mol. The molecule has 0 aliphatic heterocycles. The van der Waals surface area contributed by atoms with Crippen LogP contribution in [-0.4, -0.2) is 17.6 Å². The molecule has 0 saturated heterocycles. The summed E-state index contributed by atoms with van der Waals surface area (Å²) in [6, 6.07) is 12.9. The van der Waals surface area contributed by atoms with Crippen LogP contribution >= 0.6 is 0 Å². The molecule has 6 nitrogen and oxygen atoms in total. The number of fused-ring (bicyclic) bond motifs is 1. The van der Waals surface area contributed by atoms with E-state index in [0.29, 0.717) is 41.2 Å². The van der Waals surface area contributed by atoms with Crippen LogP contribution in [0.4, 0.5) is 0 Å². The van der Waals surface area contributed by atoms with E-state index >= 15 is 0 Å². The fraction of sp³-hybridized carbons (Fsp3) is 0.269. The molecule has 0 radical (unpaired) electrons. The van der Waals surface area contributed by atoms with Gasteiger partial charge in [0, 0.05) is 23.1 Å². The smallest absolute Gasteiger partial charge is 0.379 e. The number of ether oxygens (including phenoxy) is 1. The summed E-state index contributed by atoms with van der Waals surface area (Å²) >= 11 is 0. The predicted octanol–water partition coefficient (Wildman–Crippen LogP) is 5.20. The molecule has 0 saturated carbocycles. The average molecular weight is 431 g/mol. The molecule has 3 aromatic rings. The number of rotatable bonds is 4. The van der Waals surface area contributed by atoms with Crippen LogP contribution in [0.3, 0.4) is 0 Å². The molecule has 0 atom stereocenters. The molecule has 0 spiro atoms. The Hall–Kier alpha value is -3.67. The highest BCUT2D eigenvalue weighted by molar-refractivity contribution is 6.06. The van der Waals surface area contributed by atoms with Crippen LogP contribution in [0.5, 0.6) is 5.75 Å². The number of carbonyl (C=O) groups excluding carboxylic acids is 2. The standard InChI is InChI=1S/C26H26N2O4/c1-15-8-10-19(11-9-15)25(29)28-27-21-6-5-7-22-23(21)18(4)24(32-22)26(30)31-20-13-16(2)12-17(3)14-20/h8-14H,5-7H2,1-4H3,(H,28,29)/b27-21+. The number of hydrazone groups is 1. The van der Waals surface area contributed by atoms with Crippen molar-refractivity contribution in [2.45, 2.75) is 47.0 Å². The van der Waals surface area contributed by atoms with Crippen LogP contribution in [0.15, 0.2) is 52.0 Å². The Labute approximate surface area is 187 Å². The van der Waals surface area contributed by atoms with Gasteiger partial charge in [0.1, 0.15) is 11.5 Å². The Morgan fingerprint density at radius 2 is 1.62 bits per heavy atom. The molecule has 0 fully saturated rings. The van der Waals surface area contributed by atoms with E-state index in [9.17, 15) is 9.59 Å². The van der Waals surface area contributed by atoms with Crippen molar-refractivity contribution in [3.63, 3.8) is 0 Å². The van der Waals surface area contributed by atoms with Crippen molar-refractivity contribution in [3.05, 3.63) is 87.4 Å². The molecule has 0 unspecified atom stereocenters. The largest absolute Gasteiger partial charge is 0.453 e. The molecule has 1 amide bonds. The van der Waals surface area contributed by atoms with E-state index in [2.05, 4.69) is 10.5 Å². The zero-order valence-corrected chi connectivity index (χ0v) is 18.7. The first-order valence-corrected chi connectivity index (χ1v) is 10.7. The lowest BCUT2D eigenvalue weighted by molar-refractivity contribution is 0.0698. The van der Waals surface area contributed by atoms with Crippen LogP contribution in [0.25, 0.3) is 0 Å². The summed E-state index contributed by atoms with van der Waals surface area (Å²) in [5, 5.41) is 4.37. The molecule has 1 aromatic heterocycles. The van der Waals surface area contributed by atoms with Gasteiger partial charge in [-0.15, -0.1) is 0 Å². The van der Waals surface area contributed by atoms with Gasteiger partial charge < -0.3 is 9.15 Å². The van der Waals surface area contributed by atoms with Gasteiger partial charge in [0.25, 0.3) is 5.91 Å². The third kappa shape index (κ3) is 4.49. The van der Waals surface area contributed by atoms with Gasteiger partial charge in [-0.1, -0.05) is 23.8 Å². The van der Waals surface area contributed by atoms with Gasteiger partial charge in [0.2, 0.25) is 5.76 Å². The lowest BCUT2D eigenvalue weighted by Crippen LogP contribution is -2.22. The van der Waals surface area contributed by atoms with Gasteiger partial charge in [-0.3, -0.25) is 4.79 Å². The summed E-state index contributed by atoms with van der Waals surface area (Å²) in [6.45, 7) is 7.70. The number of nitrogens with one attached hydrogen (secondary N) is 1. The van der Waals surface area contributed by atoms with Crippen LogP contribution in [0.1, 0.15) is 67.3 Å². The SMILES string of the molecule is Cc1ccc(C(=O)N/N=C2\CCCc3oc(C(=O)Oc4cc(C)cc(C)c4)c(C)c32)cc1. The van der Waals surface area contributed by atoms with E-state index < -0.39 is 5.97 Å². The number of esters is 1. The van der Waals surface area contributed by atoms with E-state index in [1.807, 2.05) is 58.0 Å². The first-order chi connectivity index (χ1) is 15.3. The number of nitrogens with zero attached hydrogens (tertiary/aromatic N) is 1. The maximum atomic E-state index is 12.8. The maximum absolute atomic E-state index is 12.8. The van der Waals surface area contributed by atoms with Gasteiger partial charge in [0.05, 0.1) is 5.71 Å². The second-order valence-corrected chi connectivity index (χ2v) is 8.29. The molecule has 6 heteroatoms. The highest BCUT2D eigenvalue weighted by Crippen LogP contribution is 2.31. The summed E-state index contributed by atoms with van der Waals surface area (Å²) in [5.41, 5.74) is 8.46. The van der Waals surface area contributed by atoms with E-state index in [4.69, 9.17) is 9.15 Å². The summed E-state index contributed by atoms with van der Waals surface area (Å²) in [4.78, 5) is 25.3. The van der Waals surface area contributed by atoms with Crippen LogP contribution in [0, 0.1) is 27.7 Å². The number of amides is 1. The summed E-state index contributed by atoms with van der Waals surface area (Å²) in [6.07, 6.45) is 2.22. The van der Waals surface area contributed by atoms with Gasteiger partial charge >= 0.3 is 5.97 Å². The fourth-order valence-electron chi connectivity index (χ4n) is 4.01. The summed E-state index contributed by atoms with van der Waals surface area (Å²) in [7, 11) is 0. The Balaban J connectivity index is 1.57. The van der Waals surface area contributed by atoms with Crippen molar-refractivity contribution >= 4 is 17.6 Å². The van der Waals surface area contributed by atoms with Gasteiger partial charge in [-0.25, -0.2) is 10.2 Å². The third-order valence-electron chi connectivity index (χ3n) is 5.52. The molecule has 1 aliphatic rings. The molecule has 32 heavy (non-hydrogen) atoms. The molecule has 1 heterocycles. The van der Waals surface area contributed by atoms with Crippen LogP contribution in [0.2, 0.25) is 0 Å².